The van der Waals surface area contributed by atoms with Gasteiger partial charge in [-0.2, -0.15) is 0 Å². The zero-order valence-corrected chi connectivity index (χ0v) is 9.60. The molecule has 0 bridgehead atoms. The van der Waals surface area contributed by atoms with Crippen LogP contribution in [0.15, 0.2) is 22.8 Å². The van der Waals surface area contributed by atoms with Crippen LogP contribution < -0.4 is 5.48 Å². The predicted molar refractivity (Wildman–Crippen MR) is 57.8 cm³/mol. The monoisotopic (exact) mass is 241 g/mol. The van der Waals surface area contributed by atoms with Gasteiger partial charge < -0.3 is 9.15 Å². The Balaban J connectivity index is 2.04. The van der Waals surface area contributed by atoms with E-state index in [4.69, 9.17) is 9.25 Å². The molecule has 1 heterocycles. The van der Waals surface area contributed by atoms with E-state index in [0.29, 0.717) is 19.4 Å². The minimum atomic E-state index is -0.946. The third-order valence-corrected chi connectivity index (χ3v) is 1.88. The summed E-state index contributed by atoms with van der Waals surface area (Å²) < 4.78 is 9.59. The number of furan rings is 1. The molecule has 17 heavy (non-hydrogen) atoms. The number of rotatable bonds is 6. The van der Waals surface area contributed by atoms with Crippen LogP contribution >= 0.6 is 0 Å². The molecule has 1 rings (SSSR count). The van der Waals surface area contributed by atoms with Crippen LogP contribution in [0.2, 0.25) is 0 Å². The zero-order valence-electron chi connectivity index (χ0n) is 9.60. The molecule has 0 saturated carbocycles. The molecule has 0 aliphatic carbocycles. The van der Waals surface area contributed by atoms with Crippen molar-refractivity contribution >= 4 is 11.9 Å². The quantitative estimate of drug-likeness (QED) is 0.345. The Bertz CT molecular complexity index is 347. The minimum Gasteiger partial charge on any atom is -0.469 e. The maximum Gasteiger partial charge on any atom is 0.399 e. The molecular formula is C11H15NO5. The standard InChI is InChI=1S/C11H15NO5/c1-2-15-11(14)10(13)12-17-8-4-6-9-5-3-7-16-9/h3,5,7H,2,4,6,8H2,1H3,(H,12,13). The molecule has 0 aromatic carbocycles. The molecule has 1 amide bonds. The smallest absolute Gasteiger partial charge is 0.399 e. The molecule has 0 atom stereocenters. The Morgan fingerprint density at radius 3 is 2.94 bits per heavy atom. The van der Waals surface area contributed by atoms with Crippen LogP contribution in [-0.4, -0.2) is 25.1 Å². The molecule has 94 valence electrons. The predicted octanol–water partition coefficient (Wildman–Crippen LogP) is 0.823. The van der Waals surface area contributed by atoms with Crippen molar-refractivity contribution in [1.82, 2.24) is 5.48 Å². The molecule has 0 unspecified atom stereocenters. The van der Waals surface area contributed by atoms with Crippen molar-refractivity contribution in [3.8, 4) is 0 Å². The highest BCUT2D eigenvalue weighted by molar-refractivity contribution is 6.32. The van der Waals surface area contributed by atoms with Crippen molar-refractivity contribution in [3.05, 3.63) is 24.2 Å². The summed E-state index contributed by atoms with van der Waals surface area (Å²) in [4.78, 5) is 26.7. The molecule has 0 fully saturated rings. The summed E-state index contributed by atoms with van der Waals surface area (Å²) in [5.41, 5.74) is 2.00. The normalized spacial score (nSPS) is 9.94. The van der Waals surface area contributed by atoms with E-state index in [2.05, 4.69) is 4.74 Å². The highest BCUT2D eigenvalue weighted by Crippen LogP contribution is 2.02. The Labute approximate surface area is 98.8 Å². The van der Waals surface area contributed by atoms with Crippen molar-refractivity contribution in [2.24, 2.45) is 0 Å². The van der Waals surface area contributed by atoms with E-state index in [1.165, 1.54) is 0 Å². The minimum absolute atomic E-state index is 0.157. The van der Waals surface area contributed by atoms with E-state index in [9.17, 15) is 9.59 Å². The van der Waals surface area contributed by atoms with Crippen LogP contribution in [0.4, 0.5) is 0 Å². The van der Waals surface area contributed by atoms with E-state index in [-0.39, 0.29) is 6.61 Å². The van der Waals surface area contributed by atoms with Crippen molar-refractivity contribution in [2.45, 2.75) is 19.8 Å². The third-order valence-electron chi connectivity index (χ3n) is 1.88. The summed E-state index contributed by atoms with van der Waals surface area (Å²) in [7, 11) is 0. The lowest BCUT2D eigenvalue weighted by Gasteiger charge is -2.04. The first-order chi connectivity index (χ1) is 8.24. The fraction of sp³-hybridized carbons (Fsp3) is 0.455. The molecule has 0 aliphatic heterocycles. The lowest BCUT2D eigenvalue weighted by Crippen LogP contribution is -2.32. The number of ether oxygens (including phenoxy) is 1. The van der Waals surface area contributed by atoms with Gasteiger partial charge in [0.15, 0.2) is 0 Å². The number of carbonyl (C=O) groups is 2. The van der Waals surface area contributed by atoms with Crippen molar-refractivity contribution < 1.29 is 23.6 Å². The van der Waals surface area contributed by atoms with Gasteiger partial charge in [0, 0.05) is 6.42 Å². The molecular weight excluding hydrogens is 226 g/mol. The van der Waals surface area contributed by atoms with Crippen LogP contribution in [-0.2, 0) is 25.6 Å². The van der Waals surface area contributed by atoms with E-state index in [0.717, 1.165) is 5.76 Å². The van der Waals surface area contributed by atoms with Gasteiger partial charge in [0.05, 0.1) is 19.5 Å². The lowest BCUT2D eigenvalue weighted by molar-refractivity contribution is -0.160. The van der Waals surface area contributed by atoms with Gasteiger partial charge >= 0.3 is 11.9 Å². The Kier molecular flexibility index (Phi) is 5.81. The van der Waals surface area contributed by atoms with E-state index in [1.807, 2.05) is 11.5 Å². The summed E-state index contributed by atoms with van der Waals surface area (Å²) in [5.74, 6) is -0.992. The first-order valence-electron chi connectivity index (χ1n) is 5.35. The number of esters is 1. The number of nitrogens with one attached hydrogen (secondary N) is 1. The highest BCUT2D eigenvalue weighted by Gasteiger charge is 2.13. The average molecular weight is 241 g/mol. The average Bonchev–Trinajstić information content (AvgIpc) is 2.81. The first-order valence-corrected chi connectivity index (χ1v) is 5.35. The van der Waals surface area contributed by atoms with Gasteiger partial charge in [-0.3, -0.25) is 9.63 Å². The van der Waals surface area contributed by atoms with Crippen LogP contribution in [0.3, 0.4) is 0 Å². The third kappa shape index (κ3) is 5.17. The van der Waals surface area contributed by atoms with Gasteiger partial charge in [-0.15, -0.1) is 0 Å². The number of aryl methyl sites for hydroxylation is 1. The Hall–Kier alpha value is -1.82. The number of hydrogen-bond acceptors (Lipinski definition) is 5. The summed E-state index contributed by atoms with van der Waals surface area (Å²) in [6, 6.07) is 3.66. The van der Waals surface area contributed by atoms with Gasteiger partial charge in [-0.25, -0.2) is 10.3 Å². The molecule has 0 radical (unpaired) electrons. The van der Waals surface area contributed by atoms with Crippen LogP contribution in [0.5, 0.6) is 0 Å². The van der Waals surface area contributed by atoms with Crippen LogP contribution in [0, 0.1) is 0 Å². The van der Waals surface area contributed by atoms with Gasteiger partial charge in [0.2, 0.25) is 0 Å². The molecule has 6 heteroatoms. The second kappa shape index (κ2) is 7.45. The Morgan fingerprint density at radius 1 is 1.47 bits per heavy atom. The number of hydrogen-bond donors (Lipinski definition) is 1. The summed E-state index contributed by atoms with van der Waals surface area (Å²) in [6.07, 6.45) is 2.98. The van der Waals surface area contributed by atoms with E-state index >= 15 is 0 Å². The zero-order chi connectivity index (χ0) is 12.5. The molecule has 0 saturated heterocycles. The maximum atomic E-state index is 11.0. The van der Waals surface area contributed by atoms with Gasteiger partial charge in [-0.05, 0) is 25.5 Å². The second-order valence-electron chi connectivity index (χ2n) is 3.18. The van der Waals surface area contributed by atoms with Gasteiger partial charge in [0.25, 0.3) is 0 Å². The van der Waals surface area contributed by atoms with Crippen LogP contribution in [0.1, 0.15) is 19.1 Å². The lowest BCUT2D eigenvalue weighted by atomic mass is 10.3. The molecule has 6 nitrogen and oxygen atoms in total. The molecule has 0 aliphatic rings. The summed E-state index contributed by atoms with van der Waals surface area (Å²) in [6.45, 7) is 2.08. The molecule has 1 aromatic rings. The first kappa shape index (κ1) is 13.2. The number of hydroxylamine groups is 1. The van der Waals surface area contributed by atoms with E-state index in [1.54, 1.807) is 19.3 Å². The topological polar surface area (TPSA) is 77.8 Å². The van der Waals surface area contributed by atoms with E-state index < -0.39 is 11.9 Å². The summed E-state index contributed by atoms with van der Waals surface area (Å²) >= 11 is 0. The largest absolute Gasteiger partial charge is 0.469 e. The Morgan fingerprint density at radius 2 is 2.29 bits per heavy atom. The molecule has 1 aromatic heterocycles. The van der Waals surface area contributed by atoms with Crippen LogP contribution in [0.25, 0.3) is 0 Å². The van der Waals surface area contributed by atoms with Crippen molar-refractivity contribution in [3.63, 3.8) is 0 Å². The number of carbonyl (C=O) groups excluding carboxylic acids is 2. The summed E-state index contributed by atoms with van der Waals surface area (Å²) in [5, 5.41) is 0. The molecule has 1 N–H and O–H groups in total. The van der Waals surface area contributed by atoms with Crippen molar-refractivity contribution in [1.29, 1.82) is 0 Å². The number of amides is 1. The van der Waals surface area contributed by atoms with Crippen molar-refractivity contribution in [2.75, 3.05) is 13.2 Å². The molecule has 0 spiro atoms. The highest BCUT2D eigenvalue weighted by atomic mass is 16.7. The van der Waals surface area contributed by atoms with Gasteiger partial charge in [0.1, 0.15) is 5.76 Å². The SMILES string of the molecule is CCOC(=O)C(=O)NOCCCc1ccco1. The second-order valence-corrected chi connectivity index (χ2v) is 3.18. The fourth-order valence-corrected chi connectivity index (χ4v) is 1.13. The van der Waals surface area contributed by atoms with Gasteiger partial charge in [-0.1, -0.05) is 0 Å². The fourth-order valence-electron chi connectivity index (χ4n) is 1.13. The maximum absolute atomic E-state index is 11.0.